The highest BCUT2D eigenvalue weighted by molar-refractivity contribution is 7.17. The molecule has 0 spiro atoms. The average molecular weight is 773 g/mol. The number of thiophene rings is 1. The van der Waals surface area contributed by atoms with Gasteiger partial charge in [-0.05, 0) is 86.3 Å². The summed E-state index contributed by atoms with van der Waals surface area (Å²) < 4.78 is 13.4. The van der Waals surface area contributed by atoms with Crippen molar-refractivity contribution < 1.29 is 14.3 Å². The van der Waals surface area contributed by atoms with Gasteiger partial charge in [0.25, 0.3) is 5.56 Å². The summed E-state index contributed by atoms with van der Waals surface area (Å²) in [6.07, 6.45) is 17.9. The highest BCUT2D eigenvalue weighted by Crippen LogP contribution is 2.31. The van der Waals surface area contributed by atoms with E-state index in [-0.39, 0.29) is 11.7 Å². The number of aromatic amines is 1. The number of anilines is 1. The van der Waals surface area contributed by atoms with E-state index in [4.69, 9.17) is 9.47 Å². The van der Waals surface area contributed by atoms with E-state index in [0.29, 0.717) is 25.3 Å². The Kier molecular flexibility index (Phi) is 18.2. The summed E-state index contributed by atoms with van der Waals surface area (Å²) in [5.74, 6) is 0.748. The van der Waals surface area contributed by atoms with Crippen LogP contribution in [0.5, 0.6) is 5.75 Å². The van der Waals surface area contributed by atoms with Gasteiger partial charge in [0.15, 0.2) is 0 Å². The van der Waals surface area contributed by atoms with Crippen LogP contribution in [-0.4, -0.2) is 73.3 Å². The molecule has 1 aliphatic heterocycles. The van der Waals surface area contributed by atoms with Crippen molar-refractivity contribution in [2.75, 3.05) is 57.3 Å². The summed E-state index contributed by atoms with van der Waals surface area (Å²) in [6, 6.07) is 16.6. The van der Waals surface area contributed by atoms with E-state index in [9.17, 15) is 9.59 Å². The zero-order valence-corrected chi connectivity index (χ0v) is 34.9. The second kappa shape index (κ2) is 23.5. The lowest BCUT2D eigenvalue weighted by Gasteiger charge is -2.36. The fraction of sp³-hybridized carbons (Fsp3) is 0.609. The van der Waals surface area contributed by atoms with E-state index in [2.05, 4.69) is 58.3 Å². The molecule has 1 unspecified atom stereocenters. The van der Waals surface area contributed by atoms with Gasteiger partial charge < -0.3 is 24.3 Å². The molecule has 0 radical (unpaired) electrons. The summed E-state index contributed by atoms with van der Waals surface area (Å²) in [5.41, 5.74) is 2.32. The first-order valence-corrected chi connectivity index (χ1v) is 22.5. The molecule has 9 heteroatoms. The van der Waals surface area contributed by atoms with Crippen molar-refractivity contribution in [3.8, 4) is 5.75 Å². The molecule has 3 heterocycles. The second-order valence-corrected chi connectivity index (χ2v) is 16.5. The van der Waals surface area contributed by atoms with Gasteiger partial charge in [-0.25, -0.2) is 4.79 Å². The molecule has 1 fully saturated rings. The number of rotatable bonds is 25. The van der Waals surface area contributed by atoms with E-state index in [1.165, 1.54) is 80.0 Å². The summed E-state index contributed by atoms with van der Waals surface area (Å²) in [6.45, 7) is 13.7. The van der Waals surface area contributed by atoms with Crippen LogP contribution in [0.25, 0.3) is 21.0 Å². The molecule has 0 aliphatic carbocycles. The van der Waals surface area contributed by atoms with Gasteiger partial charge in [-0.1, -0.05) is 97.0 Å². The Hall–Kier alpha value is -3.56. The molecular weight excluding hydrogens is 705 g/mol. The standard InChI is InChI=1S/C46H68N4O4S/c1-4-6-8-10-12-14-16-27-50(28-17-15-13-11-9-7-5-2)46(52)54-37(3)41-35-38-23-24-39(36-42(38)47-45(41)51)53-33-19-18-26-48-29-31-49(32-30-48)43-21-20-22-44-40(43)25-34-55-44/h20-25,34-37H,4-19,26-33H2,1-3H3,(H,47,51). The fourth-order valence-corrected chi connectivity index (χ4v) is 8.59. The number of hydrogen-bond donors (Lipinski definition) is 1. The number of carbonyl (C=O) groups excluding carboxylic acids is 1. The predicted molar refractivity (Wildman–Crippen MR) is 232 cm³/mol. The number of fused-ring (bicyclic) bond motifs is 2. The van der Waals surface area contributed by atoms with Crippen molar-refractivity contribution in [3.05, 3.63) is 69.8 Å². The SMILES string of the molecule is CCCCCCCCCN(CCCCCCCCC)C(=O)OC(C)c1cc2ccc(OCCCCN3CCN(c4cccc5sccc45)CC3)cc2[nH]c1=O. The molecule has 1 atom stereocenters. The first-order chi connectivity index (χ1) is 27.0. The first kappa shape index (κ1) is 42.6. The van der Waals surface area contributed by atoms with Crippen molar-refractivity contribution in [2.24, 2.45) is 0 Å². The van der Waals surface area contributed by atoms with Crippen LogP contribution in [-0.2, 0) is 4.74 Å². The topological polar surface area (TPSA) is 78.1 Å². The lowest BCUT2D eigenvalue weighted by Crippen LogP contribution is -2.46. The highest BCUT2D eigenvalue weighted by atomic mass is 32.1. The van der Waals surface area contributed by atoms with Gasteiger partial charge in [0, 0.05) is 61.1 Å². The Bertz CT molecular complexity index is 1750. The minimum atomic E-state index is -0.652. The van der Waals surface area contributed by atoms with E-state index >= 15 is 0 Å². The number of nitrogens with one attached hydrogen (secondary N) is 1. The van der Waals surface area contributed by atoms with E-state index < -0.39 is 6.10 Å². The normalized spacial score (nSPS) is 14.1. The van der Waals surface area contributed by atoms with Crippen LogP contribution in [0.2, 0.25) is 0 Å². The van der Waals surface area contributed by atoms with Crippen molar-refractivity contribution in [1.29, 1.82) is 0 Å². The Morgan fingerprint density at radius 3 is 2.16 bits per heavy atom. The molecule has 2 aromatic carbocycles. The molecule has 1 aliphatic rings. The van der Waals surface area contributed by atoms with Crippen molar-refractivity contribution in [2.45, 2.75) is 130 Å². The molecule has 8 nitrogen and oxygen atoms in total. The quantitative estimate of drug-likeness (QED) is 0.0676. The number of pyridine rings is 1. The summed E-state index contributed by atoms with van der Waals surface area (Å²) in [7, 11) is 0. The maximum atomic E-state index is 13.5. The number of unbranched alkanes of at least 4 members (excludes halogenated alkanes) is 13. The third-order valence-corrected chi connectivity index (χ3v) is 12.1. The molecule has 5 rings (SSSR count). The maximum Gasteiger partial charge on any atom is 0.410 e. The number of amides is 1. The number of piperazine rings is 1. The van der Waals surface area contributed by atoms with Crippen LogP contribution in [0.3, 0.4) is 0 Å². The molecule has 1 amide bonds. The van der Waals surface area contributed by atoms with Gasteiger partial charge in [-0.15, -0.1) is 11.3 Å². The van der Waals surface area contributed by atoms with Crippen LogP contribution in [0, 0.1) is 0 Å². The number of ether oxygens (including phenoxy) is 2. The molecule has 0 saturated carbocycles. The molecule has 2 aromatic heterocycles. The van der Waals surface area contributed by atoms with E-state index in [1.54, 1.807) is 6.92 Å². The van der Waals surface area contributed by atoms with Gasteiger partial charge in [-0.2, -0.15) is 0 Å². The maximum absolute atomic E-state index is 13.5. The van der Waals surface area contributed by atoms with Crippen LogP contribution < -0.4 is 15.2 Å². The number of benzene rings is 2. The van der Waals surface area contributed by atoms with E-state index in [0.717, 1.165) is 87.9 Å². The summed E-state index contributed by atoms with van der Waals surface area (Å²) >= 11 is 1.81. The third-order valence-electron chi connectivity index (χ3n) is 11.2. The molecule has 1 N–H and O–H groups in total. The predicted octanol–water partition coefficient (Wildman–Crippen LogP) is 11.7. The minimum absolute atomic E-state index is 0.234. The fourth-order valence-electron chi connectivity index (χ4n) is 7.79. The molecule has 302 valence electrons. The summed E-state index contributed by atoms with van der Waals surface area (Å²) in [4.78, 5) is 36.7. The number of H-pyrrole nitrogens is 1. The molecule has 0 bridgehead atoms. The van der Waals surface area contributed by atoms with Gasteiger partial charge in [0.2, 0.25) is 0 Å². The largest absolute Gasteiger partial charge is 0.494 e. The lowest BCUT2D eigenvalue weighted by molar-refractivity contribution is 0.0680. The Morgan fingerprint density at radius 2 is 1.47 bits per heavy atom. The smallest absolute Gasteiger partial charge is 0.410 e. The van der Waals surface area contributed by atoms with Crippen LogP contribution in [0.1, 0.15) is 135 Å². The van der Waals surface area contributed by atoms with Gasteiger partial charge in [-0.3, -0.25) is 9.69 Å². The van der Waals surface area contributed by atoms with Gasteiger partial charge >= 0.3 is 6.09 Å². The number of hydrogen-bond acceptors (Lipinski definition) is 7. The van der Waals surface area contributed by atoms with Crippen molar-refractivity contribution in [1.82, 2.24) is 14.8 Å². The Balaban J connectivity index is 1.05. The van der Waals surface area contributed by atoms with Gasteiger partial charge in [0.05, 0.1) is 17.7 Å². The molecule has 4 aromatic rings. The molecule has 55 heavy (non-hydrogen) atoms. The van der Waals surface area contributed by atoms with Gasteiger partial charge in [0.1, 0.15) is 11.9 Å². The summed E-state index contributed by atoms with van der Waals surface area (Å²) in [5, 5.41) is 4.45. The first-order valence-electron chi connectivity index (χ1n) is 21.7. The molecule has 1 saturated heterocycles. The van der Waals surface area contributed by atoms with Crippen molar-refractivity contribution >= 4 is 44.1 Å². The zero-order valence-electron chi connectivity index (χ0n) is 34.1. The van der Waals surface area contributed by atoms with Crippen molar-refractivity contribution in [3.63, 3.8) is 0 Å². The van der Waals surface area contributed by atoms with Crippen LogP contribution in [0.15, 0.2) is 58.7 Å². The highest BCUT2D eigenvalue weighted by Gasteiger charge is 2.22. The monoisotopic (exact) mass is 772 g/mol. The zero-order chi connectivity index (χ0) is 38.7. The minimum Gasteiger partial charge on any atom is -0.494 e. The Labute approximate surface area is 334 Å². The van der Waals surface area contributed by atoms with Crippen LogP contribution in [0.4, 0.5) is 10.5 Å². The third kappa shape index (κ3) is 13.6. The van der Waals surface area contributed by atoms with Crippen LogP contribution >= 0.6 is 11.3 Å². The number of aromatic nitrogens is 1. The second-order valence-electron chi connectivity index (χ2n) is 15.6. The lowest BCUT2D eigenvalue weighted by atomic mass is 10.1. The number of nitrogens with zero attached hydrogens (tertiary/aromatic N) is 3. The number of carbonyl (C=O) groups is 1. The average Bonchev–Trinajstić information content (AvgIpc) is 3.68. The Morgan fingerprint density at radius 1 is 0.800 bits per heavy atom. The van der Waals surface area contributed by atoms with E-state index in [1.807, 2.05) is 40.5 Å². The molecular formula is C46H68N4O4S.